The number of phosphoric acid groups is 2. The first-order valence-corrected chi connectivity index (χ1v) is 47.0. The van der Waals surface area contributed by atoms with E-state index >= 15 is 0 Å². The van der Waals surface area contributed by atoms with Crippen LogP contribution in [0.3, 0.4) is 0 Å². The van der Waals surface area contributed by atoms with E-state index in [1.165, 1.54) is 270 Å². The lowest BCUT2D eigenvalue weighted by molar-refractivity contribution is -0.161. The Labute approximate surface area is 638 Å². The lowest BCUT2D eigenvalue weighted by Crippen LogP contribution is -2.30. The predicted octanol–water partition coefficient (Wildman–Crippen LogP) is 25.8. The molecule has 0 heterocycles. The van der Waals surface area contributed by atoms with Crippen molar-refractivity contribution in [3.63, 3.8) is 0 Å². The highest BCUT2D eigenvalue weighted by Crippen LogP contribution is 2.45. The quantitative estimate of drug-likeness (QED) is 0.0222. The fraction of sp³-hybridized carbons (Fsp3) is 0.953. The molecule has 0 aliphatic heterocycles. The van der Waals surface area contributed by atoms with Crippen LogP contribution in [-0.4, -0.2) is 96.7 Å². The van der Waals surface area contributed by atoms with E-state index in [0.29, 0.717) is 25.7 Å². The number of esters is 4. The molecule has 0 amide bonds. The molecule has 618 valence electrons. The van der Waals surface area contributed by atoms with Crippen molar-refractivity contribution in [3.05, 3.63) is 0 Å². The van der Waals surface area contributed by atoms with Crippen molar-refractivity contribution in [2.75, 3.05) is 39.6 Å². The summed E-state index contributed by atoms with van der Waals surface area (Å²) in [4.78, 5) is 73.2. The minimum atomic E-state index is -4.96. The molecule has 3 N–H and O–H groups in total. The van der Waals surface area contributed by atoms with Gasteiger partial charge in [0.15, 0.2) is 12.2 Å². The van der Waals surface area contributed by atoms with Gasteiger partial charge in [-0.2, -0.15) is 0 Å². The summed E-state index contributed by atoms with van der Waals surface area (Å²) >= 11 is 0. The summed E-state index contributed by atoms with van der Waals surface area (Å²) < 4.78 is 68.9. The molecule has 0 bridgehead atoms. The molecule has 0 aromatic carbocycles. The van der Waals surface area contributed by atoms with Gasteiger partial charge < -0.3 is 33.8 Å². The van der Waals surface area contributed by atoms with Gasteiger partial charge in [-0.05, 0) is 37.5 Å². The maximum absolute atomic E-state index is 13.1. The average Bonchev–Trinajstić information content (AvgIpc) is 0.966. The van der Waals surface area contributed by atoms with Crippen molar-refractivity contribution in [1.29, 1.82) is 0 Å². The molecule has 5 atom stereocenters. The third-order valence-corrected chi connectivity index (χ3v) is 21.9. The predicted molar refractivity (Wildman–Crippen MR) is 428 cm³/mol. The second-order valence-corrected chi connectivity index (χ2v) is 34.4. The Hall–Kier alpha value is -1.94. The van der Waals surface area contributed by atoms with Crippen LogP contribution in [0.15, 0.2) is 0 Å². The summed E-state index contributed by atoms with van der Waals surface area (Å²) in [5, 5.41) is 10.7. The van der Waals surface area contributed by atoms with Crippen LogP contribution in [0.4, 0.5) is 0 Å². The number of unbranched alkanes of at least 4 members (excludes halogenated alkanes) is 54. The molecule has 0 rings (SSSR count). The Balaban J connectivity index is 5.26. The summed E-state index contributed by atoms with van der Waals surface area (Å²) in [6, 6.07) is 0. The van der Waals surface area contributed by atoms with Crippen LogP contribution in [-0.2, 0) is 65.4 Å². The van der Waals surface area contributed by atoms with Crippen molar-refractivity contribution in [3.8, 4) is 0 Å². The first kappa shape index (κ1) is 102. The van der Waals surface area contributed by atoms with Crippen LogP contribution in [0.2, 0.25) is 0 Å². The maximum atomic E-state index is 13.1. The summed E-state index contributed by atoms with van der Waals surface area (Å²) in [6.07, 6.45) is 67.8. The van der Waals surface area contributed by atoms with Gasteiger partial charge in [-0.25, -0.2) is 9.13 Å². The molecule has 2 unspecified atom stereocenters. The topological polar surface area (TPSA) is 237 Å². The van der Waals surface area contributed by atoms with Gasteiger partial charge in [-0.3, -0.25) is 37.3 Å². The number of carbonyl (C=O) groups is 4. The Morgan fingerprint density at radius 3 is 0.654 bits per heavy atom. The van der Waals surface area contributed by atoms with E-state index in [1.807, 2.05) is 0 Å². The smallest absolute Gasteiger partial charge is 0.462 e. The molecule has 0 aliphatic carbocycles. The molecule has 17 nitrogen and oxygen atoms in total. The summed E-state index contributed by atoms with van der Waals surface area (Å²) in [5.41, 5.74) is 0. The Morgan fingerprint density at radius 1 is 0.260 bits per heavy atom. The van der Waals surface area contributed by atoms with Crippen LogP contribution in [0, 0.1) is 11.8 Å². The minimum absolute atomic E-state index is 0.108. The third kappa shape index (κ3) is 78.2. The lowest BCUT2D eigenvalue weighted by Gasteiger charge is -2.21. The fourth-order valence-electron chi connectivity index (χ4n) is 13.2. The Morgan fingerprint density at radius 2 is 0.442 bits per heavy atom. The van der Waals surface area contributed by atoms with E-state index < -0.39 is 97.5 Å². The monoisotopic (exact) mass is 1520 g/mol. The van der Waals surface area contributed by atoms with E-state index in [9.17, 15) is 43.2 Å². The fourth-order valence-corrected chi connectivity index (χ4v) is 14.8. The van der Waals surface area contributed by atoms with Gasteiger partial charge in [0.1, 0.15) is 19.3 Å². The van der Waals surface area contributed by atoms with Crippen LogP contribution >= 0.6 is 15.6 Å². The van der Waals surface area contributed by atoms with Crippen LogP contribution in [0.25, 0.3) is 0 Å². The van der Waals surface area contributed by atoms with Crippen molar-refractivity contribution >= 4 is 39.5 Å². The largest absolute Gasteiger partial charge is 0.472 e. The molecular formula is C85H166O17P2. The van der Waals surface area contributed by atoms with Crippen molar-refractivity contribution < 1.29 is 80.2 Å². The second-order valence-electron chi connectivity index (χ2n) is 31.5. The number of phosphoric ester groups is 2. The first-order valence-electron chi connectivity index (χ1n) is 44.0. The summed E-state index contributed by atoms with van der Waals surface area (Å²) in [7, 11) is -9.93. The molecule has 104 heavy (non-hydrogen) atoms. The van der Waals surface area contributed by atoms with Gasteiger partial charge in [0.05, 0.1) is 26.4 Å². The normalized spacial score (nSPS) is 13.8. The van der Waals surface area contributed by atoms with Gasteiger partial charge in [0, 0.05) is 25.7 Å². The van der Waals surface area contributed by atoms with Crippen molar-refractivity contribution in [1.82, 2.24) is 0 Å². The van der Waals surface area contributed by atoms with Gasteiger partial charge in [-0.1, -0.05) is 401 Å². The minimum Gasteiger partial charge on any atom is -0.462 e. The molecule has 0 radical (unpaired) electrons. The third-order valence-electron chi connectivity index (χ3n) is 20.0. The molecule has 0 saturated heterocycles. The highest BCUT2D eigenvalue weighted by atomic mass is 31.2. The lowest BCUT2D eigenvalue weighted by atomic mass is 10.0. The molecule has 0 aromatic rings. The number of rotatable bonds is 84. The zero-order valence-corrected chi connectivity index (χ0v) is 70.1. The number of hydrogen-bond donors (Lipinski definition) is 3. The summed E-state index contributed by atoms with van der Waals surface area (Å²) in [5.74, 6) is -0.498. The molecule has 0 spiro atoms. The highest BCUT2D eigenvalue weighted by molar-refractivity contribution is 7.47. The number of hydrogen-bond acceptors (Lipinski definition) is 15. The van der Waals surface area contributed by atoms with Gasteiger partial charge in [0.25, 0.3) is 0 Å². The number of aliphatic hydroxyl groups excluding tert-OH is 1. The second kappa shape index (κ2) is 76.4. The molecule has 0 saturated carbocycles. The van der Waals surface area contributed by atoms with Gasteiger partial charge in [-0.15, -0.1) is 0 Å². The molecule has 0 aliphatic rings. The number of ether oxygens (including phenoxy) is 4. The van der Waals surface area contributed by atoms with Gasteiger partial charge >= 0.3 is 39.5 Å². The molecule has 0 fully saturated rings. The average molecular weight is 1520 g/mol. The van der Waals surface area contributed by atoms with E-state index in [0.717, 1.165) is 102 Å². The molecule has 19 heteroatoms. The first-order chi connectivity index (χ1) is 50.4. The van der Waals surface area contributed by atoms with Gasteiger partial charge in [0.2, 0.25) is 0 Å². The molecular weight excluding hydrogens is 1350 g/mol. The standard InChI is InChI=1S/C85H166O17P2/c1-7-9-11-13-15-17-19-21-22-23-26-33-39-45-51-57-63-69-84(89)101-80(73-95-82(87)67-61-55-49-43-37-20-18-16-14-12-10-8-2)75-99-103(91,92)97-71-79(86)72-98-104(93,94)100-76-81(74-96-83(88)68-62-56-50-44-38-32-29-28-31-36-42-48-54-60-66-78(5)6)102-85(90)70-64-58-52-46-40-34-27-24-25-30-35-41-47-53-59-65-77(3)4/h77-81,86H,7-76H2,1-6H3,(H,91,92)(H,93,94)/t79-,80+,81+/m0/s1. The van der Waals surface area contributed by atoms with E-state index in [-0.39, 0.29) is 25.7 Å². The Kier molecular flexibility index (Phi) is 75.0. The molecule has 0 aromatic heterocycles. The van der Waals surface area contributed by atoms with E-state index in [2.05, 4.69) is 41.5 Å². The van der Waals surface area contributed by atoms with Crippen LogP contribution in [0.1, 0.15) is 452 Å². The van der Waals surface area contributed by atoms with E-state index in [1.54, 1.807) is 0 Å². The summed E-state index contributed by atoms with van der Waals surface area (Å²) in [6.45, 7) is 9.72. The SMILES string of the molecule is CCCCCCCCCCCCCCCCCCCC(=O)O[C@H](COC(=O)CCCCCCCCCCCCCC)COP(=O)(O)OC[C@H](O)COP(=O)(O)OC[C@@H](COC(=O)CCCCCCCCCCCCCCCCC(C)C)OC(=O)CCCCCCCCCCCCCCCCCC(C)C. The number of carbonyl (C=O) groups excluding carboxylic acids is 4. The Bertz CT molecular complexity index is 1990. The zero-order chi connectivity index (χ0) is 76.4. The highest BCUT2D eigenvalue weighted by Gasteiger charge is 2.30. The maximum Gasteiger partial charge on any atom is 0.472 e. The van der Waals surface area contributed by atoms with Crippen molar-refractivity contribution in [2.45, 2.75) is 471 Å². The van der Waals surface area contributed by atoms with Crippen LogP contribution < -0.4 is 0 Å². The number of aliphatic hydroxyl groups is 1. The van der Waals surface area contributed by atoms with E-state index in [4.69, 9.17) is 37.0 Å². The van der Waals surface area contributed by atoms with Crippen molar-refractivity contribution in [2.24, 2.45) is 11.8 Å². The zero-order valence-electron chi connectivity index (χ0n) is 68.3. The van der Waals surface area contributed by atoms with Crippen LogP contribution in [0.5, 0.6) is 0 Å².